The van der Waals surface area contributed by atoms with Gasteiger partial charge in [-0.2, -0.15) is 0 Å². The number of carbonyl (C=O) groups is 1. The highest BCUT2D eigenvalue weighted by Crippen LogP contribution is 2.35. The maximum atomic E-state index is 11.7. The van der Waals surface area contributed by atoms with Crippen LogP contribution in [-0.4, -0.2) is 12.3 Å². The van der Waals surface area contributed by atoms with Gasteiger partial charge in [-0.25, -0.2) is 4.79 Å². The van der Waals surface area contributed by atoms with Crippen LogP contribution in [0.4, 0.5) is 0 Å². The Labute approximate surface area is 95.4 Å². The lowest BCUT2D eigenvalue weighted by atomic mass is 9.96. The Balaban J connectivity index is 2.18. The highest BCUT2D eigenvalue weighted by molar-refractivity contribution is 5.78. The third kappa shape index (κ3) is 2.09. The molecular weight excluding hydrogens is 204 g/mol. The van der Waals surface area contributed by atoms with Crippen molar-refractivity contribution in [2.24, 2.45) is 5.41 Å². The normalized spacial score (nSPS) is 25.6. The number of benzene rings is 1. The summed E-state index contributed by atoms with van der Waals surface area (Å²) in [5, 5.41) is 0. The summed E-state index contributed by atoms with van der Waals surface area (Å²) in [5.41, 5.74) is 0.651. The highest BCUT2D eigenvalue weighted by Gasteiger charge is 2.42. The summed E-state index contributed by atoms with van der Waals surface area (Å²) in [6, 6.07) is 9.42. The lowest BCUT2D eigenvalue weighted by molar-refractivity contribution is -0.154. The molecule has 86 valence electrons. The molecule has 16 heavy (non-hydrogen) atoms. The Morgan fingerprint density at radius 2 is 1.75 bits per heavy atom. The fourth-order valence-corrected chi connectivity index (χ4v) is 1.60. The van der Waals surface area contributed by atoms with Gasteiger partial charge in [-0.3, -0.25) is 0 Å². The van der Waals surface area contributed by atoms with E-state index in [4.69, 9.17) is 9.47 Å². The maximum Gasteiger partial charge on any atom is 0.342 e. The van der Waals surface area contributed by atoms with Crippen LogP contribution in [0.2, 0.25) is 0 Å². The van der Waals surface area contributed by atoms with Crippen molar-refractivity contribution < 1.29 is 14.3 Å². The first-order valence-electron chi connectivity index (χ1n) is 5.39. The SMILES string of the molecule is CC(C)(C)[C@@H]1OC(=O)[C@H](c2ccccc2)O1. The molecule has 1 aromatic rings. The zero-order valence-electron chi connectivity index (χ0n) is 9.77. The van der Waals surface area contributed by atoms with Gasteiger partial charge in [0.05, 0.1) is 0 Å². The number of cyclic esters (lactones) is 1. The molecule has 3 heteroatoms. The van der Waals surface area contributed by atoms with Gasteiger partial charge in [0.15, 0.2) is 6.10 Å². The molecule has 1 aliphatic rings. The molecule has 0 radical (unpaired) electrons. The highest BCUT2D eigenvalue weighted by atomic mass is 16.8. The zero-order chi connectivity index (χ0) is 11.8. The molecule has 1 fully saturated rings. The van der Waals surface area contributed by atoms with Crippen molar-refractivity contribution in [1.29, 1.82) is 0 Å². The summed E-state index contributed by atoms with van der Waals surface area (Å²) < 4.78 is 10.9. The minimum atomic E-state index is -0.578. The maximum absolute atomic E-state index is 11.7. The standard InChI is InChI=1S/C13H16O3/c1-13(2,3)12-15-10(11(14)16-12)9-7-5-4-6-8-9/h4-8,10,12H,1-3H3/t10-,12-/m0/s1. The largest absolute Gasteiger partial charge is 0.433 e. The van der Waals surface area contributed by atoms with Crippen LogP contribution in [0.5, 0.6) is 0 Å². The predicted molar refractivity (Wildman–Crippen MR) is 59.6 cm³/mol. The van der Waals surface area contributed by atoms with E-state index in [1.165, 1.54) is 0 Å². The van der Waals surface area contributed by atoms with Crippen LogP contribution in [0.1, 0.15) is 32.4 Å². The summed E-state index contributed by atoms with van der Waals surface area (Å²) in [5.74, 6) is -0.300. The lowest BCUT2D eigenvalue weighted by Gasteiger charge is -2.24. The van der Waals surface area contributed by atoms with Gasteiger partial charge in [0, 0.05) is 5.41 Å². The first kappa shape index (κ1) is 11.1. The topological polar surface area (TPSA) is 35.5 Å². The monoisotopic (exact) mass is 220 g/mol. The quantitative estimate of drug-likeness (QED) is 0.682. The van der Waals surface area contributed by atoms with Gasteiger partial charge in [0.1, 0.15) is 0 Å². The van der Waals surface area contributed by atoms with Crippen LogP contribution in [0, 0.1) is 5.41 Å². The van der Waals surface area contributed by atoms with Gasteiger partial charge < -0.3 is 9.47 Å². The van der Waals surface area contributed by atoms with Crippen LogP contribution in [-0.2, 0) is 14.3 Å². The second-order valence-electron chi connectivity index (χ2n) is 5.06. The lowest BCUT2D eigenvalue weighted by Crippen LogP contribution is -2.27. The van der Waals surface area contributed by atoms with Crippen molar-refractivity contribution in [2.75, 3.05) is 0 Å². The Morgan fingerprint density at radius 3 is 2.25 bits per heavy atom. The summed E-state index contributed by atoms with van der Waals surface area (Å²) in [6.45, 7) is 5.95. The molecule has 0 aromatic heterocycles. The van der Waals surface area contributed by atoms with Crippen molar-refractivity contribution in [1.82, 2.24) is 0 Å². The van der Waals surface area contributed by atoms with E-state index in [2.05, 4.69) is 0 Å². The Hall–Kier alpha value is -1.35. The molecule has 2 rings (SSSR count). The van der Waals surface area contributed by atoms with Gasteiger partial charge in [0.2, 0.25) is 6.29 Å². The van der Waals surface area contributed by atoms with Crippen molar-refractivity contribution in [3.63, 3.8) is 0 Å². The van der Waals surface area contributed by atoms with E-state index in [-0.39, 0.29) is 11.4 Å². The number of ether oxygens (including phenoxy) is 2. The minimum absolute atomic E-state index is 0.195. The van der Waals surface area contributed by atoms with Gasteiger partial charge >= 0.3 is 5.97 Å². The summed E-state index contributed by atoms with van der Waals surface area (Å²) in [4.78, 5) is 11.7. The van der Waals surface area contributed by atoms with Crippen LogP contribution < -0.4 is 0 Å². The van der Waals surface area contributed by atoms with Crippen molar-refractivity contribution >= 4 is 5.97 Å². The average Bonchev–Trinajstić information content (AvgIpc) is 2.61. The third-order valence-electron chi connectivity index (χ3n) is 2.51. The van der Waals surface area contributed by atoms with E-state index in [1.807, 2.05) is 51.1 Å². The number of hydrogen-bond donors (Lipinski definition) is 0. The van der Waals surface area contributed by atoms with Crippen molar-refractivity contribution in [3.05, 3.63) is 35.9 Å². The molecule has 1 aliphatic heterocycles. The van der Waals surface area contributed by atoms with Crippen molar-refractivity contribution in [2.45, 2.75) is 33.2 Å². The molecule has 0 amide bonds. The molecule has 2 atom stereocenters. The van der Waals surface area contributed by atoms with E-state index < -0.39 is 12.4 Å². The predicted octanol–water partition coefficient (Wildman–Crippen LogP) is 2.67. The second-order valence-corrected chi connectivity index (χ2v) is 5.06. The molecule has 0 saturated carbocycles. The molecule has 0 unspecified atom stereocenters. The van der Waals surface area contributed by atoms with E-state index >= 15 is 0 Å². The van der Waals surface area contributed by atoms with Gasteiger partial charge in [-0.1, -0.05) is 51.1 Å². The van der Waals surface area contributed by atoms with E-state index in [0.717, 1.165) is 5.56 Å². The summed E-state index contributed by atoms with van der Waals surface area (Å²) in [7, 11) is 0. The molecule has 3 nitrogen and oxygen atoms in total. The molecule has 0 bridgehead atoms. The average molecular weight is 220 g/mol. The van der Waals surface area contributed by atoms with Gasteiger partial charge in [0.25, 0.3) is 0 Å². The fourth-order valence-electron chi connectivity index (χ4n) is 1.60. The summed E-state index contributed by atoms with van der Waals surface area (Å²) in [6.07, 6.45) is -1.05. The smallest absolute Gasteiger partial charge is 0.342 e. The Morgan fingerprint density at radius 1 is 1.12 bits per heavy atom. The molecule has 1 heterocycles. The van der Waals surface area contributed by atoms with Crippen LogP contribution in [0.25, 0.3) is 0 Å². The first-order chi connectivity index (χ1) is 7.48. The zero-order valence-corrected chi connectivity index (χ0v) is 9.77. The minimum Gasteiger partial charge on any atom is -0.433 e. The van der Waals surface area contributed by atoms with Crippen LogP contribution in [0.15, 0.2) is 30.3 Å². The molecule has 0 spiro atoms. The molecule has 0 aliphatic carbocycles. The molecule has 1 saturated heterocycles. The number of hydrogen-bond acceptors (Lipinski definition) is 3. The number of esters is 1. The fraction of sp³-hybridized carbons (Fsp3) is 0.462. The van der Waals surface area contributed by atoms with Gasteiger partial charge in [-0.15, -0.1) is 0 Å². The molecular formula is C13H16O3. The van der Waals surface area contributed by atoms with E-state index in [0.29, 0.717) is 0 Å². The van der Waals surface area contributed by atoms with Gasteiger partial charge in [-0.05, 0) is 5.56 Å². The number of rotatable bonds is 1. The Kier molecular flexibility index (Phi) is 2.72. The van der Waals surface area contributed by atoms with E-state index in [1.54, 1.807) is 0 Å². The summed E-state index contributed by atoms with van der Waals surface area (Å²) >= 11 is 0. The third-order valence-corrected chi connectivity index (χ3v) is 2.51. The Bertz CT molecular complexity index is 378. The molecule has 1 aromatic carbocycles. The van der Waals surface area contributed by atoms with E-state index in [9.17, 15) is 4.79 Å². The second kappa shape index (κ2) is 3.91. The van der Waals surface area contributed by atoms with Crippen LogP contribution >= 0.6 is 0 Å². The van der Waals surface area contributed by atoms with Crippen LogP contribution in [0.3, 0.4) is 0 Å². The van der Waals surface area contributed by atoms with Crippen molar-refractivity contribution in [3.8, 4) is 0 Å². The number of carbonyl (C=O) groups excluding carboxylic acids is 1. The molecule has 0 N–H and O–H groups in total. The first-order valence-corrected chi connectivity index (χ1v) is 5.39.